The Labute approximate surface area is 121 Å². The van der Waals surface area contributed by atoms with Crippen LogP contribution in [0.25, 0.3) is 0 Å². The topological polar surface area (TPSA) is 120 Å². The standard InChI is InChI=1S/C13H17N3O5/c1-3-4-20-10-9(18)8(6-17)21-12(10)16-5-7(2)11(14)15-13(16)19/h1,5,8-10,12,17-18H,4,6H2,2H3,(H2,14,15,19)/t8-,9?,10?,12-/m1/s1. The zero-order valence-corrected chi connectivity index (χ0v) is 11.5. The summed E-state index contributed by atoms with van der Waals surface area (Å²) in [4.78, 5) is 15.6. The minimum absolute atomic E-state index is 0.0597. The Hall–Kier alpha value is -1.92. The highest BCUT2D eigenvalue weighted by Gasteiger charge is 2.45. The molecule has 2 heterocycles. The third-order valence-corrected chi connectivity index (χ3v) is 3.30. The van der Waals surface area contributed by atoms with E-state index >= 15 is 0 Å². The molecule has 0 spiro atoms. The molecule has 1 aromatic rings. The van der Waals surface area contributed by atoms with Crippen LogP contribution in [0, 0.1) is 19.3 Å². The van der Waals surface area contributed by atoms with E-state index in [2.05, 4.69) is 10.9 Å². The number of terminal acetylenes is 1. The van der Waals surface area contributed by atoms with Crippen molar-refractivity contribution in [1.29, 1.82) is 0 Å². The Morgan fingerprint density at radius 3 is 3.00 bits per heavy atom. The second-order valence-electron chi connectivity index (χ2n) is 4.72. The van der Waals surface area contributed by atoms with Gasteiger partial charge in [0.25, 0.3) is 0 Å². The largest absolute Gasteiger partial charge is 0.394 e. The van der Waals surface area contributed by atoms with Gasteiger partial charge in [0.05, 0.1) is 6.61 Å². The summed E-state index contributed by atoms with van der Waals surface area (Å²) in [7, 11) is 0. The molecule has 8 heteroatoms. The molecule has 1 saturated heterocycles. The number of anilines is 1. The Bertz CT molecular complexity index is 609. The summed E-state index contributed by atoms with van der Waals surface area (Å²) in [5, 5.41) is 19.3. The van der Waals surface area contributed by atoms with Crippen molar-refractivity contribution in [2.75, 3.05) is 18.9 Å². The first-order chi connectivity index (χ1) is 9.99. The monoisotopic (exact) mass is 295 g/mol. The molecule has 1 aliphatic heterocycles. The van der Waals surface area contributed by atoms with Crippen LogP contribution < -0.4 is 11.4 Å². The van der Waals surface area contributed by atoms with Gasteiger partial charge in [0, 0.05) is 11.8 Å². The number of hydrogen-bond donors (Lipinski definition) is 3. The average molecular weight is 295 g/mol. The van der Waals surface area contributed by atoms with Crippen molar-refractivity contribution in [3.63, 3.8) is 0 Å². The van der Waals surface area contributed by atoms with Crippen molar-refractivity contribution in [3.05, 3.63) is 22.2 Å². The summed E-state index contributed by atoms with van der Waals surface area (Å²) < 4.78 is 12.0. The first-order valence-electron chi connectivity index (χ1n) is 6.34. The summed E-state index contributed by atoms with van der Waals surface area (Å²) >= 11 is 0. The third kappa shape index (κ3) is 2.91. The Morgan fingerprint density at radius 1 is 1.67 bits per heavy atom. The molecule has 0 bridgehead atoms. The lowest BCUT2D eigenvalue weighted by Gasteiger charge is -2.21. The summed E-state index contributed by atoms with van der Waals surface area (Å²) in [6.45, 7) is 1.21. The number of nitrogen functional groups attached to an aromatic ring is 1. The van der Waals surface area contributed by atoms with Gasteiger partial charge in [0.15, 0.2) is 6.23 Å². The average Bonchev–Trinajstić information content (AvgIpc) is 2.77. The van der Waals surface area contributed by atoms with Crippen LogP contribution in [0.5, 0.6) is 0 Å². The second-order valence-corrected chi connectivity index (χ2v) is 4.72. The number of aromatic nitrogens is 2. The normalized spacial score (nSPS) is 28.5. The molecular formula is C13H17N3O5. The number of aliphatic hydroxyl groups excluding tert-OH is 2. The lowest BCUT2D eigenvalue weighted by molar-refractivity contribution is -0.0677. The molecule has 0 aromatic carbocycles. The summed E-state index contributed by atoms with van der Waals surface area (Å²) in [6, 6.07) is 0. The molecular weight excluding hydrogens is 278 g/mol. The van der Waals surface area contributed by atoms with Crippen LogP contribution in [0.3, 0.4) is 0 Å². The molecule has 114 valence electrons. The van der Waals surface area contributed by atoms with Gasteiger partial charge in [0.2, 0.25) is 0 Å². The Morgan fingerprint density at radius 2 is 2.38 bits per heavy atom. The van der Waals surface area contributed by atoms with Gasteiger partial charge < -0.3 is 25.4 Å². The van der Waals surface area contributed by atoms with E-state index < -0.39 is 36.8 Å². The van der Waals surface area contributed by atoms with E-state index in [0.29, 0.717) is 5.56 Å². The zero-order valence-electron chi connectivity index (χ0n) is 11.5. The molecule has 0 radical (unpaired) electrons. The number of aliphatic hydroxyl groups is 2. The van der Waals surface area contributed by atoms with E-state index in [4.69, 9.17) is 21.6 Å². The van der Waals surface area contributed by atoms with E-state index in [1.54, 1.807) is 6.92 Å². The lowest BCUT2D eigenvalue weighted by atomic mass is 10.1. The molecule has 1 aromatic heterocycles. The maximum atomic E-state index is 12.0. The number of hydrogen-bond acceptors (Lipinski definition) is 7. The van der Waals surface area contributed by atoms with Crippen molar-refractivity contribution in [3.8, 4) is 12.3 Å². The van der Waals surface area contributed by atoms with Crippen LogP contribution in [0.1, 0.15) is 11.8 Å². The van der Waals surface area contributed by atoms with Gasteiger partial charge in [-0.1, -0.05) is 5.92 Å². The number of aryl methyl sites for hydroxylation is 1. The zero-order chi connectivity index (χ0) is 15.6. The maximum absolute atomic E-state index is 12.0. The molecule has 4 atom stereocenters. The van der Waals surface area contributed by atoms with Gasteiger partial charge in [0.1, 0.15) is 30.7 Å². The first kappa shape index (κ1) is 15.5. The predicted octanol–water partition coefficient (Wildman–Crippen LogP) is -1.60. The second kappa shape index (κ2) is 6.24. The van der Waals surface area contributed by atoms with Crippen molar-refractivity contribution < 1.29 is 19.7 Å². The van der Waals surface area contributed by atoms with E-state index in [1.807, 2.05) is 0 Å². The van der Waals surface area contributed by atoms with Crippen LogP contribution in [0.2, 0.25) is 0 Å². The van der Waals surface area contributed by atoms with Crippen molar-refractivity contribution in [1.82, 2.24) is 9.55 Å². The van der Waals surface area contributed by atoms with Crippen LogP contribution in [0.15, 0.2) is 11.0 Å². The third-order valence-electron chi connectivity index (χ3n) is 3.30. The molecule has 21 heavy (non-hydrogen) atoms. The minimum atomic E-state index is -1.11. The summed E-state index contributed by atoms with van der Waals surface area (Å²) in [6.07, 6.45) is 2.79. The minimum Gasteiger partial charge on any atom is -0.394 e. The molecule has 2 unspecified atom stereocenters. The van der Waals surface area contributed by atoms with Gasteiger partial charge in [-0.3, -0.25) is 4.57 Å². The maximum Gasteiger partial charge on any atom is 0.351 e. The van der Waals surface area contributed by atoms with Crippen LogP contribution in [-0.2, 0) is 9.47 Å². The fourth-order valence-electron chi connectivity index (χ4n) is 2.18. The SMILES string of the molecule is C#CCOC1C(O)[C@@H](CO)O[C@H]1n1cc(C)c(N)nc1=O. The fourth-order valence-corrected chi connectivity index (χ4v) is 2.18. The quantitative estimate of drug-likeness (QED) is 0.572. The molecule has 4 N–H and O–H groups in total. The van der Waals surface area contributed by atoms with Crippen LogP contribution >= 0.6 is 0 Å². The van der Waals surface area contributed by atoms with Gasteiger partial charge in [-0.2, -0.15) is 4.98 Å². The summed E-state index contributed by atoms with van der Waals surface area (Å²) in [5.41, 5.74) is 5.51. The summed E-state index contributed by atoms with van der Waals surface area (Å²) in [5.74, 6) is 2.40. The van der Waals surface area contributed by atoms with E-state index in [0.717, 1.165) is 0 Å². The molecule has 0 aliphatic carbocycles. The molecule has 0 amide bonds. The highest BCUT2D eigenvalue weighted by atomic mass is 16.6. The van der Waals surface area contributed by atoms with Gasteiger partial charge >= 0.3 is 5.69 Å². The number of nitrogens with two attached hydrogens (primary N) is 1. The molecule has 1 aliphatic rings. The van der Waals surface area contributed by atoms with Gasteiger partial charge in [-0.15, -0.1) is 6.42 Å². The smallest absolute Gasteiger partial charge is 0.351 e. The van der Waals surface area contributed by atoms with Crippen LogP contribution in [-0.4, -0.2) is 51.3 Å². The van der Waals surface area contributed by atoms with Gasteiger partial charge in [-0.05, 0) is 6.92 Å². The lowest BCUT2D eigenvalue weighted by Crippen LogP contribution is -2.38. The number of nitrogens with zero attached hydrogens (tertiary/aromatic N) is 2. The highest BCUT2D eigenvalue weighted by Crippen LogP contribution is 2.31. The fraction of sp³-hybridized carbons (Fsp3) is 0.538. The van der Waals surface area contributed by atoms with E-state index in [9.17, 15) is 15.0 Å². The Balaban J connectivity index is 2.38. The van der Waals surface area contributed by atoms with Crippen molar-refractivity contribution in [2.45, 2.75) is 31.5 Å². The van der Waals surface area contributed by atoms with E-state index in [1.165, 1.54) is 10.8 Å². The first-order valence-corrected chi connectivity index (χ1v) is 6.34. The molecule has 8 nitrogen and oxygen atoms in total. The molecule has 2 rings (SSSR count). The number of rotatable bonds is 4. The highest BCUT2D eigenvalue weighted by molar-refractivity contribution is 5.35. The van der Waals surface area contributed by atoms with Crippen molar-refractivity contribution in [2.24, 2.45) is 0 Å². The number of ether oxygens (including phenoxy) is 2. The van der Waals surface area contributed by atoms with E-state index in [-0.39, 0.29) is 12.4 Å². The predicted molar refractivity (Wildman–Crippen MR) is 73.2 cm³/mol. The molecule has 0 saturated carbocycles. The molecule has 1 fully saturated rings. The van der Waals surface area contributed by atoms with Crippen LogP contribution in [0.4, 0.5) is 5.82 Å². The van der Waals surface area contributed by atoms with Crippen molar-refractivity contribution >= 4 is 5.82 Å². The Kier molecular flexibility index (Phi) is 4.59. The van der Waals surface area contributed by atoms with Gasteiger partial charge in [-0.25, -0.2) is 4.79 Å².